The first-order valence-corrected chi connectivity index (χ1v) is 8.03. The molecule has 0 radical (unpaired) electrons. The zero-order valence-corrected chi connectivity index (χ0v) is 13.7. The normalized spacial score (nSPS) is 12.5. The minimum absolute atomic E-state index is 0.188. The van der Waals surface area contributed by atoms with Crippen LogP contribution in [0.3, 0.4) is 0 Å². The van der Waals surface area contributed by atoms with E-state index < -0.39 is 6.10 Å². The zero-order chi connectivity index (χ0) is 16.4. The Labute approximate surface area is 137 Å². The fourth-order valence-electron chi connectivity index (χ4n) is 2.48. The maximum Gasteiger partial charge on any atom is 0.251 e. The number of benzene rings is 1. The van der Waals surface area contributed by atoms with E-state index in [1.807, 2.05) is 19.9 Å². The van der Waals surface area contributed by atoms with E-state index in [1.165, 1.54) is 0 Å². The molecule has 3 aromatic rings. The fourth-order valence-corrected chi connectivity index (χ4v) is 3.00. The Morgan fingerprint density at radius 1 is 1.30 bits per heavy atom. The monoisotopic (exact) mass is 331 g/mol. The molecule has 2 heterocycles. The number of hydrogen-bond acceptors (Lipinski definition) is 6. The van der Waals surface area contributed by atoms with Gasteiger partial charge in [-0.25, -0.2) is 0 Å². The number of carbonyl (C=O) groups excluding carboxylic acids is 1. The number of aliphatic hydroxyl groups excluding tert-OH is 1. The van der Waals surface area contributed by atoms with Crippen LogP contribution in [0.2, 0.25) is 0 Å². The standard InChI is InChI=1S/C16H17N3O3S/c1-9-7-12(10(2)22-9)15(20)5-6-17-16(21)11-3-4-13-14(8-11)19-23-18-13/h3-4,7-8,15,20H,5-6H2,1-2H3,(H,17,21)/t15-/m1/s1. The molecule has 0 saturated carbocycles. The van der Waals surface area contributed by atoms with Crippen LogP contribution in [0, 0.1) is 13.8 Å². The predicted octanol–water partition coefficient (Wildman–Crippen LogP) is 2.75. The number of furan rings is 1. The smallest absolute Gasteiger partial charge is 0.251 e. The van der Waals surface area contributed by atoms with Crippen LogP contribution >= 0.6 is 11.7 Å². The first-order chi connectivity index (χ1) is 11.0. The zero-order valence-electron chi connectivity index (χ0n) is 12.9. The van der Waals surface area contributed by atoms with Gasteiger partial charge in [0.05, 0.1) is 17.8 Å². The summed E-state index contributed by atoms with van der Waals surface area (Å²) < 4.78 is 13.6. The van der Waals surface area contributed by atoms with Gasteiger partial charge < -0.3 is 14.8 Å². The van der Waals surface area contributed by atoms with Crippen molar-refractivity contribution in [1.29, 1.82) is 0 Å². The molecule has 0 bridgehead atoms. The summed E-state index contributed by atoms with van der Waals surface area (Å²) in [5.74, 6) is 1.29. The summed E-state index contributed by atoms with van der Waals surface area (Å²) in [7, 11) is 0. The summed E-state index contributed by atoms with van der Waals surface area (Å²) in [6, 6.07) is 7.04. The van der Waals surface area contributed by atoms with Gasteiger partial charge in [0.1, 0.15) is 22.6 Å². The number of nitrogens with zero attached hydrogens (tertiary/aromatic N) is 2. The van der Waals surface area contributed by atoms with E-state index in [0.29, 0.717) is 29.8 Å². The highest BCUT2D eigenvalue weighted by atomic mass is 32.1. The third-order valence-electron chi connectivity index (χ3n) is 3.66. The second kappa shape index (κ2) is 6.47. The van der Waals surface area contributed by atoms with Crippen molar-refractivity contribution in [2.45, 2.75) is 26.4 Å². The van der Waals surface area contributed by atoms with Crippen molar-refractivity contribution in [2.24, 2.45) is 0 Å². The number of amides is 1. The van der Waals surface area contributed by atoms with Crippen LogP contribution < -0.4 is 5.32 Å². The van der Waals surface area contributed by atoms with Crippen molar-refractivity contribution in [2.75, 3.05) is 6.54 Å². The lowest BCUT2D eigenvalue weighted by Crippen LogP contribution is -2.25. The summed E-state index contributed by atoms with van der Waals surface area (Å²) in [5.41, 5.74) is 2.81. The summed E-state index contributed by atoms with van der Waals surface area (Å²) in [6.07, 6.45) is -0.232. The van der Waals surface area contributed by atoms with Crippen LogP contribution in [-0.2, 0) is 0 Å². The van der Waals surface area contributed by atoms with Gasteiger partial charge in [-0.1, -0.05) is 0 Å². The first-order valence-electron chi connectivity index (χ1n) is 7.30. The molecule has 0 aliphatic rings. The van der Waals surface area contributed by atoms with Crippen molar-refractivity contribution in [3.8, 4) is 0 Å². The van der Waals surface area contributed by atoms with Gasteiger partial charge in [-0.15, -0.1) is 0 Å². The van der Waals surface area contributed by atoms with Crippen molar-refractivity contribution < 1.29 is 14.3 Å². The highest BCUT2D eigenvalue weighted by molar-refractivity contribution is 7.00. The van der Waals surface area contributed by atoms with Crippen molar-refractivity contribution in [1.82, 2.24) is 14.1 Å². The van der Waals surface area contributed by atoms with E-state index in [9.17, 15) is 9.90 Å². The van der Waals surface area contributed by atoms with Crippen LogP contribution in [0.4, 0.5) is 0 Å². The van der Waals surface area contributed by atoms with Crippen molar-refractivity contribution in [3.05, 3.63) is 46.9 Å². The Hall–Kier alpha value is -2.25. The molecule has 0 spiro atoms. The number of hydrogen-bond donors (Lipinski definition) is 2. The lowest BCUT2D eigenvalue weighted by Gasteiger charge is -2.10. The maximum atomic E-state index is 12.1. The van der Waals surface area contributed by atoms with Gasteiger partial charge in [-0.05, 0) is 44.5 Å². The molecule has 0 fully saturated rings. The van der Waals surface area contributed by atoms with E-state index in [1.54, 1.807) is 18.2 Å². The van der Waals surface area contributed by atoms with Crippen molar-refractivity contribution in [3.63, 3.8) is 0 Å². The molecule has 1 atom stereocenters. The van der Waals surface area contributed by atoms with Gasteiger partial charge >= 0.3 is 0 Å². The third kappa shape index (κ3) is 3.40. The van der Waals surface area contributed by atoms with E-state index in [0.717, 1.165) is 28.6 Å². The Kier molecular flexibility index (Phi) is 4.40. The molecule has 3 rings (SSSR count). The fraction of sp³-hybridized carbons (Fsp3) is 0.312. The molecule has 7 heteroatoms. The summed E-state index contributed by atoms with van der Waals surface area (Å²) >= 11 is 1.12. The molecule has 0 saturated heterocycles. The number of fused-ring (bicyclic) bond motifs is 1. The Bertz CT molecular complexity index is 840. The number of carbonyl (C=O) groups is 1. The highest BCUT2D eigenvalue weighted by Gasteiger charge is 2.15. The summed E-state index contributed by atoms with van der Waals surface area (Å²) in [5, 5.41) is 13.0. The largest absolute Gasteiger partial charge is 0.466 e. The molecule has 1 amide bonds. The van der Waals surface area contributed by atoms with Crippen LogP contribution in [-0.4, -0.2) is 26.3 Å². The number of nitrogens with one attached hydrogen (secondary N) is 1. The average Bonchev–Trinajstić information content (AvgIpc) is 3.12. The minimum atomic E-state index is -0.655. The molecule has 23 heavy (non-hydrogen) atoms. The summed E-state index contributed by atoms with van der Waals surface area (Å²) in [6.45, 7) is 4.03. The van der Waals surface area contributed by atoms with Gasteiger partial charge in [0.15, 0.2) is 0 Å². The molecule has 2 N–H and O–H groups in total. The average molecular weight is 331 g/mol. The summed E-state index contributed by atoms with van der Waals surface area (Å²) in [4.78, 5) is 12.1. The second-order valence-corrected chi connectivity index (χ2v) is 5.93. The van der Waals surface area contributed by atoms with Crippen LogP contribution in [0.15, 0.2) is 28.7 Å². The molecular formula is C16H17N3O3S. The van der Waals surface area contributed by atoms with Gasteiger partial charge in [0.25, 0.3) is 5.91 Å². The van der Waals surface area contributed by atoms with E-state index in [4.69, 9.17) is 4.42 Å². The number of aliphatic hydroxyl groups is 1. The van der Waals surface area contributed by atoms with E-state index in [2.05, 4.69) is 14.1 Å². The lowest BCUT2D eigenvalue weighted by atomic mass is 10.1. The number of aromatic nitrogens is 2. The minimum Gasteiger partial charge on any atom is -0.466 e. The highest BCUT2D eigenvalue weighted by Crippen LogP contribution is 2.23. The number of aryl methyl sites for hydroxylation is 2. The van der Waals surface area contributed by atoms with Crippen molar-refractivity contribution >= 4 is 28.7 Å². The number of rotatable bonds is 5. The lowest BCUT2D eigenvalue weighted by molar-refractivity contribution is 0.0942. The third-order valence-corrected chi connectivity index (χ3v) is 4.21. The Morgan fingerprint density at radius 2 is 2.09 bits per heavy atom. The van der Waals surface area contributed by atoms with Crippen LogP contribution in [0.25, 0.3) is 11.0 Å². The second-order valence-electron chi connectivity index (χ2n) is 5.40. The van der Waals surface area contributed by atoms with Crippen LogP contribution in [0.5, 0.6) is 0 Å². The first kappa shape index (κ1) is 15.6. The van der Waals surface area contributed by atoms with Gasteiger partial charge in [0, 0.05) is 17.7 Å². The molecule has 120 valence electrons. The van der Waals surface area contributed by atoms with Gasteiger partial charge in [-0.3, -0.25) is 4.79 Å². The van der Waals surface area contributed by atoms with Gasteiger partial charge in [0.2, 0.25) is 0 Å². The Balaban J connectivity index is 1.57. The predicted molar refractivity (Wildman–Crippen MR) is 87.5 cm³/mol. The quantitative estimate of drug-likeness (QED) is 0.750. The van der Waals surface area contributed by atoms with Crippen LogP contribution in [0.1, 0.15) is 40.0 Å². The molecule has 1 aromatic carbocycles. The molecule has 2 aromatic heterocycles. The Morgan fingerprint density at radius 3 is 2.83 bits per heavy atom. The van der Waals surface area contributed by atoms with E-state index >= 15 is 0 Å². The van der Waals surface area contributed by atoms with Gasteiger partial charge in [-0.2, -0.15) is 8.75 Å². The topological polar surface area (TPSA) is 88.2 Å². The molecule has 0 aliphatic heterocycles. The molecular weight excluding hydrogens is 314 g/mol. The SMILES string of the molecule is Cc1cc([C@H](O)CCNC(=O)c2ccc3nsnc3c2)c(C)o1. The maximum absolute atomic E-state index is 12.1. The van der Waals surface area contributed by atoms with E-state index in [-0.39, 0.29) is 5.91 Å². The molecule has 0 aliphatic carbocycles. The molecule has 0 unspecified atom stereocenters. The molecule has 6 nitrogen and oxygen atoms in total.